The van der Waals surface area contributed by atoms with E-state index in [1.807, 2.05) is 70.2 Å². The molecular weight excluding hydrogens is 1450 g/mol. The Labute approximate surface area is 670 Å². The standard InChI is InChI=1S/C22H25NO2.C17H20ClN3O.3C17H21N3O.ClH.H2O/c1-15-8-10-16(11-9-15)19-14-17-12-13-20(23(17)2)21(19)22(24)25-18-6-4-3-5-7-18;1-10-19-17(22-20-10)16-14(11-3-5-12(18)6-4-11)9-13-7-8-15(16)21(13)2;3*1-11-18-17(21-19-11)16-14(12-6-4-3-5-7-12)10-13-8-9-15(16)20(13)2;;/h3-11,17,19-21H,12-14H2,1-2H3;3-6,13-16H,7-9H2,1-2H3;3*3-7,13-16H,8-10H2,1-2H3;1H;1H2/t;;13?,14?,15?,16-;;;;/m..0..../s1. The van der Waals surface area contributed by atoms with Crippen LogP contribution in [0.3, 0.4) is 0 Å². The highest BCUT2D eigenvalue weighted by atomic mass is 35.5. The highest BCUT2D eigenvalue weighted by Gasteiger charge is 2.54. The summed E-state index contributed by atoms with van der Waals surface area (Å²) in [6, 6.07) is 64.5. The Hall–Kier alpha value is -8.31. The molecule has 0 amide bonds. The first-order chi connectivity index (χ1) is 53.5. The molecule has 20 rings (SSSR count). The lowest BCUT2D eigenvalue weighted by Gasteiger charge is -2.41. The van der Waals surface area contributed by atoms with Crippen molar-refractivity contribution >= 4 is 30.0 Å². The summed E-state index contributed by atoms with van der Waals surface area (Å²) >= 11 is 6.05. The van der Waals surface area contributed by atoms with Crippen LogP contribution in [0.4, 0.5) is 0 Å². The molecular formula is C90H111Cl2N13O7. The van der Waals surface area contributed by atoms with E-state index in [0.717, 1.165) is 65.3 Å². The minimum absolute atomic E-state index is 0. The molecule has 112 heavy (non-hydrogen) atoms. The second-order valence-corrected chi connectivity index (χ2v) is 33.7. The van der Waals surface area contributed by atoms with Crippen LogP contribution in [0.2, 0.25) is 5.02 Å². The lowest BCUT2D eigenvalue weighted by Crippen LogP contribution is -2.49. The van der Waals surface area contributed by atoms with Crippen LogP contribution in [0.5, 0.6) is 5.75 Å². The zero-order chi connectivity index (χ0) is 75.8. The fourth-order valence-corrected chi connectivity index (χ4v) is 21.9. The summed E-state index contributed by atoms with van der Waals surface area (Å²) in [5.74, 6) is 9.95. The third kappa shape index (κ3) is 16.7. The van der Waals surface area contributed by atoms with Gasteiger partial charge in [0.05, 0.1) is 29.6 Å². The molecule has 0 radical (unpaired) electrons. The third-order valence-electron chi connectivity index (χ3n) is 27.4. The number of aromatic nitrogens is 8. The van der Waals surface area contributed by atoms with Crippen molar-refractivity contribution in [1.82, 2.24) is 65.1 Å². The highest BCUT2D eigenvalue weighted by Crippen LogP contribution is 2.55. The van der Waals surface area contributed by atoms with Crippen molar-refractivity contribution in [2.24, 2.45) is 5.92 Å². The molecule has 10 aliphatic rings. The number of rotatable bonds is 11. The number of para-hydroxylation sites is 1. The minimum Gasteiger partial charge on any atom is -0.426 e. The Morgan fingerprint density at radius 1 is 0.348 bits per heavy atom. The SMILES string of the molecule is Cc1ccc(C2CC3CCC(C2C(=O)Oc2ccccc2)N3C)cc1.Cc1noc(C2C(c3ccc(Cl)cc3)CC3CCC2N3C)n1.Cc1noc(C2C(c3ccccc3)CC3CCC2N3C)n1.Cc1noc(C2C(c3ccccc3)CC3CCC2N3C)n1.Cc1noc([C@H]2C(c3ccccc3)CC3CCC2N3C)n1.Cl.O. The van der Waals surface area contributed by atoms with Crippen LogP contribution in [-0.4, -0.2) is 172 Å². The Morgan fingerprint density at radius 2 is 0.607 bits per heavy atom. The molecule has 0 aliphatic carbocycles. The number of esters is 1. The minimum atomic E-state index is -0.105. The average molecular weight is 1560 g/mol. The molecule has 20 atom stereocenters. The molecule has 10 saturated heterocycles. The van der Waals surface area contributed by atoms with E-state index < -0.39 is 0 Å². The van der Waals surface area contributed by atoms with E-state index in [4.69, 9.17) is 34.4 Å². The maximum Gasteiger partial charge on any atom is 0.316 e. The van der Waals surface area contributed by atoms with Gasteiger partial charge in [-0.3, -0.25) is 29.3 Å². The van der Waals surface area contributed by atoms with Crippen molar-refractivity contribution in [2.75, 3.05) is 35.2 Å². The van der Waals surface area contributed by atoms with Crippen molar-refractivity contribution < 1.29 is 33.1 Å². The van der Waals surface area contributed by atoms with E-state index in [-0.39, 0.29) is 47.6 Å². The van der Waals surface area contributed by atoms with Gasteiger partial charge in [-0.05, 0) is 242 Å². The molecule has 14 heterocycles. The molecule has 19 unspecified atom stereocenters. The van der Waals surface area contributed by atoms with Crippen LogP contribution in [0.1, 0.15) is 230 Å². The molecule has 10 aliphatic heterocycles. The normalized spacial score (nSPS) is 30.9. The second kappa shape index (κ2) is 35.2. The first kappa shape index (κ1) is 80.3. The number of fused-ring (bicyclic) bond motifs is 10. The van der Waals surface area contributed by atoms with Crippen molar-refractivity contribution in [3.8, 4) is 5.75 Å². The number of likely N-dealkylation sites (N-methyl/N-ethyl adjacent to an activating group) is 4. The van der Waals surface area contributed by atoms with Crippen LogP contribution in [-0.2, 0) is 4.79 Å². The van der Waals surface area contributed by atoms with E-state index in [2.05, 4.69) is 235 Å². The fraction of sp³-hybridized carbons (Fsp3) is 0.500. The number of nitrogens with zero attached hydrogens (tertiary/aromatic N) is 13. The van der Waals surface area contributed by atoms with Crippen LogP contribution < -0.4 is 4.74 Å². The van der Waals surface area contributed by atoms with Crippen LogP contribution in [0.15, 0.2) is 188 Å². The van der Waals surface area contributed by atoms with Gasteiger partial charge in [0.15, 0.2) is 23.3 Å². The Kier molecular flexibility index (Phi) is 25.2. The first-order valence-corrected chi connectivity index (χ1v) is 40.9. The van der Waals surface area contributed by atoms with Crippen molar-refractivity contribution in [3.63, 3.8) is 0 Å². The number of hydrogen-bond donors (Lipinski definition) is 0. The van der Waals surface area contributed by atoms with E-state index in [1.165, 1.54) is 110 Å². The van der Waals surface area contributed by atoms with Crippen molar-refractivity contribution in [2.45, 2.75) is 245 Å². The molecule has 0 saturated carbocycles. The van der Waals surface area contributed by atoms with Crippen molar-refractivity contribution in [1.29, 1.82) is 0 Å². The monoisotopic (exact) mass is 1560 g/mol. The molecule has 6 aromatic carbocycles. The number of ether oxygens (including phenoxy) is 1. The summed E-state index contributed by atoms with van der Waals surface area (Å²) in [7, 11) is 11.1. The van der Waals surface area contributed by atoms with Gasteiger partial charge in [-0.25, -0.2) is 0 Å². The van der Waals surface area contributed by atoms with Gasteiger partial charge in [0.2, 0.25) is 23.6 Å². The number of piperidine rings is 5. The lowest BCUT2D eigenvalue weighted by molar-refractivity contribution is -0.143. The van der Waals surface area contributed by atoms with Gasteiger partial charge in [0.25, 0.3) is 0 Å². The van der Waals surface area contributed by atoms with E-state index in [1.54, 1.807) is 0 Å². The van der Waals surface area contributed by atoms with Gasteiger partial charge in [0, 0.05) is 71.4 Å². The van der Waals surface area contributed by atoms with Gasteiger partial charge in [-0.1, -0.05) is 183 Å². The molecule has 10 fully saturated rings. The number of aryl methyl sites for hydroxylation is 5. The zero-order valence-corrected chi connectivity index (χ0v) is 67.9. The predicted molar refractivity (Wildman–Crippen MR) is 435 cm³/mol. The molecule has 592 valence electrons. The predicted octanol–water partition coefficient (Wildman–Crippen LogP) is 16.9. The number of carbonyl (C=O) groups is 1. The van der Waals surface area contributed by atoms with Crippen LogP contribution >= 0.6 is 24.0 Å². The lowest BCUT2D eigenvalue weighted by atomic mass is 9.76. The smallest absolute Gasteiger partial charge is 0.316 e. The maximum atomic E-state index is 13.1. The zero-order valence-electron chi connectivity index (χ0n) is 66.4. The quantitative estimate of drug-likeness (QED) is 0.0865. The number of benzene rings is 6. The maximum absolute atomic E-state index is 13.1. The fourth-order valence-electron chi connectivity index (χ4n) is 21.8. The molecule has 22 heteroatoms. The summed E-state index contributed by atoms with van der Waals surface area (Å²) in [5, 5.41) is 16.9. The largest absolute Gasteiger partial charge is 0.426 e. The molecule has 0 spiro atoms. The van der Waals surface area contributed by atoms with Crippen LogP contribution in [0.25, 0.3) is 0 Å². The van der Waals surface area contributed by atoms with Crippen LogP contribution in [0, 0.1) is 40.5 Å². The summed E-state index contributed by atoms with van der Waals surface area (Å²) in [6.45, 7) is 9.68. The number of hydrogen-bond acceptors (Lipinski definition) is 19. The molecule has 2 N–H and O–H groups in total. The summed E-state index contributed by atoms with van der Waals surface area (Å²) in [5.41, 5.74) is 8.07. The second-order valence-electron chi connectivity index (χ2n) is 33.3. The van der Waals surface area contributed by atoms with Gasteiger partial charge < -0.3 is 28.3 Å². The Bertz CT molecular complexity index is 4380. The summed E-state index contributed by atoms with van der Waals surface area (Å²) in [4.78, 5) is 43.8. The Balaban J connectivity index is 0.000000116. The summed E-state index contributed by atoms with van der Waals surface area (Å²) < 4.78 is 28.0. The highest BCUT2D eigenvalue weighted by molar-refractivity contribution is 6.30. The molecule has 10 bridgehead atoms. The van der Waals surface area contributed by atoms with E-state index in [9.17, 15) is 4.79 Å². The van der Waals surface area contributed by atoms with Gasteiger partial charge >= 0.3 is 5.97 Å². The molecule has 20 nitrogen and oxygen atoms in total. The topological polar surface area (TPSA) is 230 Å². The molecule has 4 aromatic heterocycles. The summed E-state index contributed by atoms with van der Waals surface area (Å²) in [6.07, 6.45) is 18.0. The van der Waals surface area contributed by atoms with E-state index in [0.29, 0.717) is 107 Å². The van der Waals surface area contributed by atoms with Gasteiger partial charge in [-0.2, -0.15) is 19.9 Å². The molecule has 10 aromatic rings. The van der Waals surface area contributed by atoms with Crippen molar-refractivity contribution in [3.05, 3.63) is 255 Å². The number of halogens is 2. The Morgan fingerprint density at radius 3 is 0.911 bits per heavy atom. The van der Waals surface area contributed by atoms with Gasteiger partial charge in [0.1, 0.15) is 5.75 Å². The first-order valence-electron chi connectivity index (χ1n) is 40.5. The number of carbonyl (C=O) groups excluding carboxylic acids is 1. The van der Waals surface area contributed by atoms with Gasteiger partial charge in [-0.15, -0.1) is 12.4 Å². The average Bonchev–Trinajstić information content (AvgIpc) is 1.61. The third-order valence-corrected chi connectivity index (χ3v) is 27.6. The van der Waals surface area contributed by atoms with E-state index >= 15 is 0 Å².